The number of amides is 1. The maximum atomic E-state index is 12.9. The Hall–Kier alpha value is -1.54. The van der Waals surface area contributed by atoms with Crippen molar-refractivity contribution in [2.45, 2.75) is 40.7 Å². The van der Waals surface area contributed by atoms with Gasteiger partial charge in [-0.25, -0.2) is 8.42 Å². The van der Waals surface area contributed by atoms with E-state index < -0.39 is 14.8 Å². The number of hydrogen-bond acceptors (Lipinski definition) is 4. The highest BCUT2D eigenvalue weighted by Crippen LogP contribution is 2.50. The molecule has 4 rings (SSSR count). The number of carbonyl (C=O) groups excluding carboxylic acids is 1. The fraction of sp³-hybridized carbons (Fsp3) is 0.381. The normalized spacial score (nSPS) is 21.1. The van der Waals surface area contributed by atoms with Crippen molar-refractivity contribution in [2.24, 2.45) is 0 Å². The number of sulfonamides is 1. The fourth-order valence-corrected chi connectivity index (χ4v) is 6.57. The predicted octanol–water partition coefficient (Wildman–Crippen LogP) is 3.69. The molecule has 1 saturated heterocycles. The summed E-state index contributed by atoms with van der Waals surface area (Å²) >= 11 is 7.85. The number of benzene rings is 2. The SMILES string of the molecule is O=C(N[C@@H]1CCN(S(=O)(=O)c2ccccc2)C1)C1(SCc2ccccc2Cl)CC1. The van der Waals surface area contributed by atoms with Crippen LogP contribution in [0.1, 0.15) is 24.8 Å². The van der Waals surface area contributed by atoms with Crippen molar-refractivity contribution in [2.75, 3.05) is 13.1 Å². The van der Waals surface area contributed by atoms with Gasteiger partial charge >= 0.3 is 0 Å². The molecule has 0 bridgehead atoms. The van der Waals surface area contributed by atoms with Gasteiger partial charge in [0.05, 0.1) is 9.64 Å². The molecule has 1 aliphatic carbocycles. The van der Waals surface area contributed by atoms with E-state index in [4.69, 9.17) is 11.6 Å². The number of carbonyl (C=O) groups is 1. The highest BCUT2D eigenvalue weighted by Gasteiger charge is 2.51. The first-order valence-corrected chi connectivity index (χ1v) is 12.4. The van der Waals surface area contributed by atoms with E-state index in [-0.39, 0.29) is 11.9 Å². The molecule has 0 unspecified atom stereocenters. The van der Waals surface area contributed by atoms with E-state index in [0.717, 1.165) is 18.4 Å². The Morgan fingerprint density at radius 2 is 1.83 bits per heavy atom. The molecule has 5 nitrogen and oxygen atoms in total. The number of hydrogen-bond donors (Lipinski definition) is 1. The van der Waals surface area contributed by atoms with Gasteiger partial charge in [-0.15, -0.1) is 11.8 Å². The topological polar surface area (TPSA) is 66.5 Å². The summed E-state index contributed by atoms with van der Waals surface area (Å²) in [6.07, 6.45) is 2.31. The molecular formula is C21H23ClN2O3S2. The Bertz CT molecular complexity index is 994. The average Bonchev–Trinajstić information content (AvgIpc) is 3.38. The molecule has 1 saturated carbocycles. The van der Waals surface area contributed by atoms with Gasteiger partial charge in [-0.1, -0.05) is 48.0 Å². The van der Waals surface area contributed by atoms with Crippen LogP contribution in [0.15, 0.2) is 59.5 Å². The zero-order valence-electron chi connectivity index (χ0n) is 15.9. The first-order chi connectivity index (χ1) is 13.9. The second-order valence-electron chi connectivity index (χ2n) is 7.51. The number of thioether (sulfide) groups is 1. The van der Waals surface area contributed by atoms with Gasteiger partial charge in [0.1, 0.15) is 0 Å². The summed E-state index contributed by atoms with van der Waals surface area (Å²) < 4.78 is 26.6. The van der Waals surface area contributed by atoms with Crippen LogP contribution in [0.3, 0.4) is 0 Å². The molecule has 154 valence electrons. The third-order valence-electron chi connectivity index (χ3n) is 5.45. The summed E-state index contributed by atoms with van der Waals surface area (Å²) in [6, 6.07) is 16.0. The van der Waals surface area contributed by atoms with Gasteiger partial charge in [0.15, 0.2) is 0 Å². The Kier molecular flexibility index (Phi) is 5.93. The largest absolute Gasteiger partial charge is 0.351 e. The lowest BCUT2D eigenvalue weighted by Gasteiger charge is -2.20. The van der Waals surface area contributed by atoms with Crippen LogP contribution in [0.25, 0.3) is 0 Å². The highest BCUT2D eigenvalue weighted by atomic mass is 35.5. The van der Waals surface area contributed by atoms with Gasteiger partial charge in [-0.2, -0.15) is 4.31 Å². The lowest BCUT2D eigenvalue weighted by molar-refractivity contribution is -0.121. The lowest BCUT2D eigenvalue weighted by Crippen LogP contribution is -2.43. The van der Waals surface area contributed by atoms with Gasteiger partial charge in [0.2, 0.25) is 15.9 Å². The van der Waals surface area contributed by atoms with Crippen LogP contribution in [-0.2, 0) is 20.6 Å². The van der Waals surface area contributed by atoms with E-state index >= 15 is 0 Å². The van der Waals surface area contributed by atoms with E-state index in [1.54, 1.807) is 42.1 Å². The van der Waals surface area contributed by atoms with Gasteiger partial charge in [-0.3, -0.25) is 4.79 Å². The lowest BCUT2D eigenvalue weighted by atomic mass is 10.2. The average molecular weight is 451 g/mol. The monoisotopic (exact) mass is 450 g/mol. The maximum Gasteiger partial charge on any atom is 0.243 e. The Balaban J connectivity index is 1.34. The van der Waals surface area contributed by atoms with Crippen LogP contribution < -0.4 is 5.32 Å². The predicted molar refractivity (Wildman–Crippen MR) is 116 cm³/mol. The third-order valence-corrected chi connectivity index (χ3v) is 9.30. The molecule has 1 atom stereocenters. The molecule has 0 aromatic heterocycles. The zero-order valence-corrected chi connectivity index (χ0v) is 18.3. The Morgan fingerprint density at radius 3 is 2.52 bits per heavy atom. The summed E-state index contributed by atoms with van der Waals surface area (Å²) in [6.45, 7) is 0.732. The standard InChI is InChI=1S/C21H23ClN2O3S2/c22-19-9-5-4-6-16(19)15-28-21(11-12-21)20(25)23-17-10-13-24(14-17)29(26,27)18-7-2-1-3-8-18/h1-9,17H,10-15H2,(H,23,25)/t17-/m1/s1. The zero-order chi connectivity index (χ0) is 20.5. The number of rotatable bonds is 7. The number of nitrogens with one attached hydrogen (secondary N) is 1. The van der Waals surface area contributed by atoms with E-state index in [0.29, 0.717) is 35.2 Å². The van der Waals surface area contributed by atoms with Gasteiger partial charge in [0.25, 0.3) is 0 Å². The molecule has 2 aromatic rings. The first-order valence-electron chi connectivity index (χ1n) is 9.64. The number of halogens is 1. The Morgan fingerprint density at radius 1 is 1.14 bits per heavy atom. The van der Waals surface area contributed by atoms with Crippen LogP contribution in [0.4, 0.5) is 0 Å². The van der Waals surface area contributed by atoms with Crippen LogP contribution >= 0.6 is 23.4 Å². The van der Waals surface area contributed by atoms with Crippen molar-refractivity contribution in [1.82, 2.24) is 9.62 Å². The molecule has 29 heavy (non-hydrogen) atoms. The molecule has 0 radical (unpaired) electrons. The van der Waals surface area contributed by atoms with Gasteiger partial charge < -0.3 is 5.32 Å². The van der Waals surface area contributed by atoms with E-state index in [2.05, 4.69) is 5.32 Å². The summed E-state index contributed by atoms with van der Waals surface area (Å²) in [4.78, 5) is 13.2. The molecule has 2 fully saturated rings. The van der Waals surface area contributed by atoms with E-state index in [1.807, 2.05) is 24.3 Å². The first kappa shape index (κ1) is 20.7. The van der Waals surface area contributed by atoms with Crippen molar-refractivity contribution >= 4 is 39.3 Å². The molecule has 1 amide bonds. The van der Waals surface area contributed by atoms with Crippen molar-refractivity contribution < 1.29 is 13.2 Å². The van der Waals surface area contributed by atoms with E-state index in [9.17, 15) is 13.2 Å². The van der Waals surface area contributed by atoms with Crippen molar-refractivity contribution in [3.8, 4) is 0 Å². The molecule has 0 spiro atoms. The van der Waals surface area contributed by atoms with Gasteiger partial charge in [0, 0.05) is 29.9 Å². The molecule has 1 heterocycles. The molecular weight excluding hydrogens is 428 g/mol. The van der Waals surface area contributed by atoms with Crippen LogP contribution in [0.2, 0.25) is 5.02 Å². The highest BCUT2D eigenvalue weighted by molar-refractivity contribution is 8.01. The quantitative estimate of drug-likeness (QED) is 0.698. The van der Waals surface area contributed by atoms with Crippen LogP contribution in [0.5, 0.6) is 0 Å². The summed E-state index contributed by atoms with van der Waals surface area (Å²) in [5.41, 5.74) is 1.03. The molecule has 2 aromatic carbocycles. The molecule has 8 heteroatoms. The van der Waals surface area contributed by atoms with Crippen molar-refractivity contribution in [3.63, 3.8) is 0 Å². The minimum Gasteiger partial charge on any atom is -0.351 e. The number of nitrogens with zero attached hydrogens (tertiary/aromatic N) is 1. The molecule has 1 N–H and O–H groups in total. The van der Waals surface area contributed by atoms with Gasteiger partial charge in [-0.05, 0) is 43.0 Å². The summed E-state index contributed by atoms with van der Waals surface area (Å²) in [5.74, 6) is 0.699. The maximum absolute atomic E-state index is 12.9. The summed E-state index contributed by atoms with van der Waals surface area (Å²) in [7, 11) is -3.52. The second kappa shape index (κ2) is 8.30. The summed E-state index contributed by atoms with van der Waals surface area (Å²) in [5, 5.41) is 3.80. The van der Waals surface area contributed by atoms with Crippen molar-refractivity contribution in [1.29, 1.82) is 0 Å². The van der Waals surface area contributed by atoms with Crippen LogP contribution in [-0.4, -0.2) is 42.5 Å². The minimum absolute atomic E-state index is 0.0125. The molecule has 2 aliphatic rings. The third kappa shape index (κ3) is 4.48. The van der Waals surface area contributed by atoms with E-state index in [1.165, 1.54) is 4.31 Å². The Labute approximate surface area is 180 Å². The fourth-order valence-electron chi connectivity index (χ4n) is 3.50. The van der Waals surface area contributed by atoms with Crippen LogP contribution in [0, 0.1) is 0 Å². The molecule has 1 aliphatic heterocycles. The smallest absolute Gasteiger partial charge is 0.243 e. The van der Waals surface area contributed by atoms with Crippen molar-refractivity contribution in [3.05, 3.63) is 65.2 Å². The second-order valence-corrected chi connectivity index (χ2v) is 11.2. The minimum atomic E-state index is -3.52.